The summed E-state index contributed by atoms with van der Waals surface area (Å²) in [5.41, 5.74) is 2.50. The molecule has 0 aliphatic carbocycles. The van der Waals surface area contributed by atoms with Gasteiger partial charge in [-0.05, 0) is 58.9 Å². The van der Waals surface area contributed by atoms with Gasteiger partial charge in [-0.1, -0.05) is 12.1 Å². The second-order valence-corrected chi connectivity index (χ2v) is 5.62. The Balaban J connectivity index is 2.17. The molecule has 0 saturated carbocycles. The Morgan fingerprint density at radius 3 is 2.62 bits per heavy atom. The number of thiophene rings is 1. The van der Waals surface area contributed by atoms with E-state index in [1.165, 1.54) is 10.4 Å². The van der Waals surface area contributed by atoms with Crippen LogP contribution in [0.3, 0.4) is 0 Å². The average Bonchev–Trinajstić information content (AvgIpc) is 2.68. The summed E-state index contributed by atoms with van der Waals surface area (Å²) in [5.74, 6) is 0. The lowest BCUT2D eigenvalue weighted by atomic mass is 10.2. The minimum Gasteiger partial charge on any atom is -0.377 e. The second-order valence-electron chi connectivity index (χ2n) is 3.81. The first-order valence-electron chi connectivity index (χ1n) is 5.23. The lowest BCUT2D eigenvalue weighted by Gasteiger charge is -2.16. The number of halogens is 1. The minimum absolute atomic E-state index is 0.346. The molecule has 0 aliphatic rings. The smallest absolute Gasteiger partial charge is 0.0581 e. The molecule has 2 aromatic rings. The molecule has 0 amide bonds. The van der Waals surface area contributed by atoms with E-state index in [1.807, 2.05) is 12.1 Å². The monoisotopic (exact) mass is 295 g/mol. The van der Waals surface area contributed by atoms with Gasteiger partial charge in [-0.25, -0.2) is 0 Å². The molecule has 2 rings (SSSR count). The van der Waals surface area contributed by atoms with Crippen molar-refractivity contribution in [2.45, 2.75) is 19.9 Å². The van der Waals surface area contributed by atoms with Crippen LogP contribution < -0.4 is 5.32 Å². The van der Waals surface area contributed by atoms with E-state index < -0.39 is 0 Å². The Kier molecular flexibility index (Phi) is 3.66. The van der Waals surface area contributed by atoms with Gasteiger partial charge in [-0.2, -0.15) is 0 Å². The van der Waals surface area contributed by atoms with E-state index in [-0.39, 0.29) is 0 Å². The molecule has 0 saturated heterocycles. The molecule has 16 heavy (non-hydrogen) atoms. The van der Waals surface area contributed by atoms with Crippen molar-refractivity contribution >= 4 is 33.0 Å². The van der Waals surface area contributed by atoms with Crippen LogP contribution in [-0.4, -0.2) is 0 Å². The maximum absolute atomic E-state index is 3.55. The number of rotatable bonds is 3. The summed E-state index contributed by atoms with van der Waals surface area (Å²) in [6.45, 7) is 4.35. The highest BCUT2D eigenvalue weighted by Gasteiger charge is 2.10. The molecule has 0 fully saturated rings. The van der Waals surface area contributed by atoms with E-state index in [2.05, 4.69) is 58.7 Å². The molecule has 1 aromatic carbocycles. The van der Waals surface area contributed by atoms with Gasteiger partial charge in [0.15, 0.2) is 0 Å². The van der Waals surface area contributed by atoms with Gasteiger partial charge in [0.2, 0.25) is 0 Å². The minimum atomic E-state index is 0.346. The maximum Gasteiger partial charge on any atom is 0.0581 e. The van der Waals surface area contributed by atoms with E-state index in [1.54, 1.807) is 11.3 Å². The predicted molar refractivity (Wildman–Crippen MR) is 75.2 cm³/mol. The fraction of sp³-hybridized carbons (Fsp3) is 0.231. The van der Waals surface area contributed by atoms with Crippen LogP contribution in [0.4, 0.5) is 5.69 Å². The highest BCUT2D eigenvalue weighted by molar-refractivity contribution is 9.10. The molecule has 1 atom stereocenters. The van der Waals surface area contributed by atoms with E-state index >= 15 is 0 Å². The fourth-order valence-corrected chi connectivity index (χ4v) is 3.04. The highest BCUT2D eigenvalue weighted by atomic mass is 79.9. The van der Waals surface area contributed by atoms with Gasteiger partial charge in [0.05, 0.1) is 6.04 Å². The number of nitrogens with one attached hydrogen (secondary N) is 1. The van der Waals surface area contributed by atoms with Crippen molar-refractivity contribution in [3.05, 3.63) is 50.6 Å². The number of hydrogen-bond acceptors (Lipinski definition) is 2. The molecule has 0 aliphatic heterocycles. The first kappa shape index (κ1) is 11.7. The van der Waals surface area contributed by atoms with Crippen molar-refractivity contribution in [1.82, 2.24) is 0 Å². The summed E-state index contributed by atoms with van der Waals surface area (Å²) in [7, 11) is 0. The summed E-state index contributed by atoms with van der Waals surface area (Å²) in [6, 6.07) is 10.7. The van der Waals surface area contributed by atoms with Crippen molar-refractivity contribution in [3.63, 3.8) is 0 Å². The zero-order valence-electron chi connectivity index (χ0n) is 9.33. The van der Waals surface area contributed by atoms with Gasteiger partial charge in [-0.3, -0.25) is 0 Å². The molecular formula is C13H14BrNS. The van der Waals surface area contributed by atoms with Crippen molar-refractivity contribution in [1.29, 1.82) is 0 Å². The number of para-hydroxylation sites is 1. The first-order chi connectivity index (χ1) is 7.68. The lowest BCUT2D eigenvalue weighted by molar-refractivity contribution is 0.898. The molecule has 3 heteroatoms. The summed E-state index contributed by atoms with van der Waals surface area (Å²) < 4.78 is 1.11. The molecule has 0 bridgehead atoms. The highest BCUT2D eigenvalue weighted by Crippen LogP contribution is 2.29. The Morgan fingerprint density at radius 1 is 1.25 bits per heavy atom. The largest absolute Gasteiger partial charge is 0.377 e. The molecule has 0 radical (unpaired) electrons. The number of anilines is 1. The summed E-state index contributed by atoms with van der Waals surface area (Å²) in [5, 5.41) is 5.66. The van der Waals surface area contributed by atoms with Crippen LogP contribution in [0.5, 0.6) is 0 Å². The molecule has 1 N–H and O–H groups in total. The molecular weight excluding hydrogens is 282 g/mol. The van der Waals surface area contributed by atoms with Crippen LogP contribution in [0.25, 0.3) is 0 Å². The van der Waals surface area contributed by atoms with Gasteiger partial charge in [0.25, 0.3) is 0 Å². The Bertz CT molecular complexity index is 478. The second kappa shape index (κ2) is 5.02. The maximum atomic E-state index is 3.55. The lowest BCUT2D eigenvalue weighted by Crippen LogP contribution is -2.06. The van der Waals surface area contributed by atoms with Crippen LogP contribution >= 0.6 is 27.3 Å². The number of hydrogen-bond donors (Lipinski definition) is 1. The molecule has 1 nitrogen and oxygen atoms in total. The third kappa shape index (κ3) is 2.47. The third-order valence-electron chi connectivity index (χ3n) is 2.54. The Hall–Kier alpha value is -0.800. The van der Waals surface area contributed by atoms with Gasteiger partial charge >= 0.3 is 0 Å². The summed E-state index contributed by atoms with van der Waals surface area (Å²) in [4.78, 5) is 1.40. The summed E-state index contributed by atoms with van der Waals surface area (Å²) in [6.07, 6.45) is 0. The van der Waals surface area contributed by atoms with Gasteiger partial charge < -0.3 is 5.32 Å². The van der Waals surface area contributed by atoms with Crippen molar-refractivity contribution < 1.29 is 0 Å². The Labute approximate surface area is 109 Å². The molecule has 84 valence electrons. The van der Waals surface area contributed by atoms with Crippen LogP contribution in [0.2, 0.25) is 0 Å². The van der Waals surface area contributed by atoms with Crippen LogP contribution in [0.1, 0.15) is 23.4 Å². The molecule has 1 unspecified atom stereocenters. The summed E-state index contributed by atoms with van der Waals surface area (Å²) >= 11 is 5.35. The molecule has 1 aromatic heterocycles. The zero-order valence-corrected chi connectivity index (χ0v) is 11.7. The SMILES string of the molecule is Cc1ccsc1C(C)Nc1ccccc1Br. The number of aryl methyl sites for hydroxylation is 1. The van der Waals surface area contributed by atoms with Crippen molar-refractivity contribution in [3.8, 4) is 0 Å². The van der Waals surface area contributed by atoms with Gasteiger partial charge in [-0.15, -0.1) is 11.3 Å². The Morgan fingerprint density at radius 2 is 2.00 bits per heavy atom. The molecule has 0 spiro atoms. The normalized spacial score (nSPS) is 12.4. The van der Waals surface area contributed by atoms with Crippen LogP contribution in [0.15, 0.2) is 40.2 Å². The van der Waals surface area contributed by atoms with Gasteiger partial charge in [0.1, 0.15) is 0 Å². The van der Waals surface area contributed by atoms with E-state index in [0.29, 0.717) is 6.04 Å². The number of benzene rings is 1. The van der Waals surface area contributed by atoms with E-state index in [4.69, 9.17) is 0 Å². The fourth-order valence-electron chi connectivity index (χ4n) is 1.71. The van der Waals surface area contributed by atoms with Crippen LogP contribution in [-0.2, 0) is 0 Å². The van der Waals surface area contributed by atoms with Crippen molar-refractivity contribution in [2.75, 3.05) is 5.32 Å². The average molecular weight is 296 g/mol. The van der Waals surface area contributed by atoms with E-state index in [9.17, 15) is 0 Å². The van der Waals surface area contributed by atoms with E-state index in [0.717, 1.165) is 10.2 Å². The quantitative estimate of drug-likeness (QED) is 0.841. The van der Waals surface area contributed by atoms with Crippen molar-refractivity contribution in [2.24, 2.45) is 0 Å². The molecule has 1 heterocycles. The standard InChI is InChI=1S/C13H14BrNS/c1-9-7-8-16-13(9)10(2)15-12-6-4-3-5-11(12)14/h3-8,10,15H,1-2H3. The first-order valence-corrected chi connectivity index (χ1v) is 6.91. The van der Waals surface area contributed by atoms with Gasteiger partial charge in [0, 0.05) is 15.0 Å². The van der Waals surface area contributed by atoms with Crippen LogP contribution in [0, 0.1) is 6.92 Å². The predicted octanol–water partition coefficient (Wildman–Crippen LogP) is 4.99. The third-order valence-corrected chi connectivity index (χ3v) is 4.43. The topological polar surface area (TPSA) is 12.0 Å². The zero-order chi connectivity index (χ0) is 11.5.